The lowest BCUT2D eigenvalue weighted by Crippen LogP contribution is -2.54. The third-order valence-electron chi connectivity index (χ3n) is 4.79. The standard InChI is InChI=1S/C23H29BrN2O3/c1-17-15-26(22(27)29-23(2,3)4)13-12-25(17)16-18-10-11-19(24)14-21(18)28-20-8-6-5-7-9-20/h5-11,14,17H,12-13,15-16H2,1-4H3. The zero-order valence-corrected chi connectivity index (χ0v) is 19.1. The van der Waals surface area contributed by atoms with E-state index in [0.29, 0.717) is 13.1 Å². The number of rotatable bonds is 4. The van der Waals surface area contributed by atoms with Gasteiger partial charge >= 0.3 is 6.09 Å². The molecule has 156 valence electrons. The Labute approximate surface area is 181 Å². The number of halogens is 1. The molecule has 3 rings (SSSR count). The van der Waals surface area contributed by atoms with E-state index in [4.69, 9.17) is 9.47 Å². The van der Waals surface area contributed by atoms with Crippen LogP contribution in [0, 0.1) is 0 Å². The first-order valence-electron chi connectivity index (χ1n) is 9.94. The van der Waals surface area contributed by atoms with Gasteiger partial charge in [0.05, 0.1) is 0 Å². The molecule has 0 bridgehead atoms. The second kappa shape index (κ2) is 9.18. The first-order valence-corrected chi connectivity index (χ1v) is 10.7. The van der Waals surface area contributed by atoms with Gasteiger partial charge in [-0.2, -0.15) is 0 Å². The van der Waals surface area contributed by atoms with Gasteiger partial charge in [0.15, 0.2) is 0 Å². The molecule has 1 aliphatic heterocycles. The number of carbonyl (C=O) groups excluding carboxylic acids is 1. The largest absolute Gasteiger partial charge is 0.457 e. The van der Waals surface area contributed by atoms with Gasteiger partial charge in [0, 0.05) is 42.3 Å². The van der Waals surface area contributed by atoms with Crippen LogP contribution in [-0.4, -0.2) is 47.2 Å². The summed E-state index contributed by atoms with van der Waals surface area (Å²) in [5.41, 5.74) is 0.646. The zero-order chi connectivity index (χ0) is 21.0. The molecule has 1 aliphatic rings. The van der Waals surface area contributed by atoms with Crippen LogP contribution >= 0.6 is 15.9 Å². The minimum absolute atomic E-state index is 0.226. The Morgan fingerprint density at radius 3 is 2.52 bits per heavy atom. The summed E-state index contributed by atoms with van der Waals surface area (Å²) in [5.74, 6) is 1.65. The van der Waals surface area contributed by atoms with Crippen LogP contribution in [0.5, 0.6) is 11.5 Å². The van der Waals surface area contributed by atoms with Gasteiger partial charge in [-0.15, -0.1) is 0 Å². The number of benzene rings is 2. The van der Waals surface area contributed by atoms with Crippen molar-refractivity contribution < 1.29 is 14.3 Å². The van der Waals surface area contributed by atoms with Gasteiger partial charge in [-0.3, -0.25) is 4.90 Å². The summed E-state index contributed by atoms with van der Waals surface area (Å²) in [7, 11) is 0. The summed E-state index contributed by atoms with van der Waals surface area (Å²) in [5, 5.41) is 0. The van der Waals surface area contributed by atoms with Gasteiger partial charge in [0.25, 0.3) is 0 Å². The van der Waals surface area contributed by atoms with Crippen LogP contribution in [0.25, 0.3) is 0 Å². The van der Waals surface area contributed by atoms with Crippen molar-refractivity contribution in [1.82, 2.24) is 9.80 Å². The molecule has 0 spiro atoms. The molecule has 2 aromatic carbocycles. The summed E-state index contributed by atoms with van der Waals surface area (Å²) in [6, 6.07) is 16.2. The summed E-state index contributed by atoms with van der Waals surface area (Å²) in [6.07, 6.45) is -0.235. The van der Waals surface area contributed by atoms with Crippen LogP contribution in [0.1, 0.15) is 33.3 Å². The van der Waals surface area contributed by atoms with E-state index in [-0.39, 0.29) is 12.1 Å². The van der Waals surface area contributed by atoms with Crippen molar-refractivity contribution in [3.05, 3.63) is 58.6 Å². The summed E-state index contributed by atoms with van der Waals surface area (Å²) in [4.78, 5) is 16.6. The van der Waals surface area contributed by atoms with Crippen LogP contribution < -0.4 is 4.74 Å². The number of hydrogen-bond acceptors (Lipinski definition) is 4. The first kappa shape index (κ1) is 21.7. The highest BCUT2D eigenvalue weighted by molar-refractivity contribution is 9.10. The lowest BCUT2D eigenvalue weighted by Gasteiger charge is -2.40. The monoisotopic (exact) mass is 460 g/mol. The molecule has 0 N–H and O–H groups in total. The fourth-order valence-electron chi connectivity index (χ4n) is 3.31. The van der Waals surface area contributed by atoms with E-state index < -0.39 is 5.60 Å². The van der Waals surface area contributed by atoms with Crippen molar-refractivity contribution in [3.63, 3.8) is 0 Å². The highest BCUT2D eigenvalue weighted by Gasteiger charge is 2.30. The van der Waals surface area contributed by atoms with Crippen LogP contribution in [-0.2, 0) is 11.3 Å². The normalized spacial score (nSPS) is 17.8. The van der Waals surface area contributed by atoms with Crippen LogP contribution in [0.4, 0.5) is 4.79 Å². The highest BCUT2D eigenvalue weighted by Crippen LogP contribution is 2.30. The van der Waals surface area contributed by atoms with Crippen LogP contribution in [0.15, 0.2) is 53.0 Å². The molecule has 0 saturated carbocycles. The van der Waals surface area contributed by atoms with E-state index in [0.717, 1.165) is 34.6 Å². The Hall–Kier alpha value is -2.05. The second-order valence-electron chi connectivity index (χ2n) is 8.41. The number of piperazine rings is 1. The van der Waals surface area contributed by atoms with E-state index >= 15 is 0 Å². The summed E-state index contributed by atoms with van der Waals surface area (Å²) >= 11 is 3.54. The molecular formula is C23H29BrN2O3. The number of carbonyl (C=O) groups is 1. The maximum absolute atomic E-state index is 12.4. The predicted octanol–water partition coefficient (Wildman–Crippen LogP) is 5.68. The average molecular weight is 461 g/mol. The molecule has 0 aromatic heterocycles. The number of amides is 1. The highest BCUT2D eigenvalue weighted by atomic mass is 79.9. The maximum Gasteiger partial charge on any atom is 0.410 e. The molecule has 1 saturated heterocycles. The maximum atomic E-state index is 12.4. The molecular weight excluding hydrogens is 432 g/mol. The molecule has 0 radical (unpaired) electrons. The minimum Gasteiger partial charge on any atom is -0.457 e. The Kier molecular flexibility index (Phi) is 6.85. The molecule has 1 amide bonds. The Balaban J connectivity index is 1.67. The van der Waals surface area contributed by atoms with E-state index in [1.54, 1.807) is 4.90 Å². The number of hydrogen-bond donors (Lipinski definition) is 0. The van der Waals surface area contributed by atoms with Crippen LogP contribution in [0.2, 0.25) is 0 Å². The van der Waals surface area contributed by atoms with Gasteiger partial charge in [-0.05, 0) is 52.0 Å². The molecule has 1 unspecified atom stereocenters. The molecule has 5 nitrogen and oxygen atoms in total. The lowest BCUT2D eigenvalue weighted by molar-refractivity contribution is 0.00452. The fraction of sp³-hybridized carbons (Fsp3) is 0.435. The Morgan fingerprint density at radius 2 is 1.86 bits per heavy atom. The number of ether oxygens (including phenoxy) is 2. The molecule has 2 aromatic rings. The molecule has 1 fully saturated rings. The minimum atomic E-state index is -0.474. The lowest BCUT2D eigenvalue weighted by atomic mass is 10.1. The average Bonchev–Trinajstić information content (AvgIpc) is 2.64. The van der Waals surface area contributed by atoms with Gasteiger partial charge in [0.2, 0.25) is 0 Å². The predicted molar refractivity (Wildman–Crippen MR) is 118 cm³/mol. The Morgan fingerprint density at radius 1 is 1.14 bits per heavy atom. The fourth-order valence-corrected chi connectivity index (χ4v) is 3.65. The molecule has 1 atom stereocenters. The van der Waals surface area contributed by atoms with Crippen molar-refractivity contribution in [2.75, 3.05) is 19.6 Å². The van der Waals surface area contributed by atoms with E-state index in [2.05, 4.69) is 33.8 Å². The Bertz CT molecular complexity index is 836. The van der Waals surface area contributed by atoms with E-state index in [1.165, 1.54) is 0 Å². The van der Waals surface area contributed by atoms with Crippen LogP contribution in [0.3, 0.4) is 0 Å². The van der Waals surface area contributed by atoms with Crippen molar-refractivity contribution >= 4 is 22.0 Å². The van der Waals surface area contributed by atoms with Gasteiger partial charge < -0.3 is 14.4 Å². The van der Waals surface area contributed by atoms with Crippen molar-refractivity contribution in [1.29, 1.82) is 0 Å². The smallest absolute Gasteiger partial charge is 0.410 e. The third-order valence-corrected chi connectivity index (χ3v) is 5.28. The van der Waals surface area contributed by atoms with Crippen molar-refractivity contribution in [2.24, 2.45) is 0 Å². The molecule has 29 heavy (non-hydrogen) atoms. The number of para-hydroxylation sites is 1. The van der Waals surface area contributed by atoms with Gasteiger partial charge in [-0.25, -0.2) is 4.79 Å². The van der Waals surface area contributed by atoms with Crippen molar-refractivity contribution in [2.45, 2.75) is 45.9 Å². The quantitative estimate of drug-likeness (QED) is 0.588. The second-order valence-corrected chi connectivity index (χ2v) is 9.33. The first-order chi connectivity index (χ1) is 13.7. The van der Waals surface area contributed by atoms with Gasteiger partial charge in [-0.1, -0.05) is 40.2 Å². The van der Waals surface area contributed by atoms with E-state index in [1.807, 2.05) is 63.2 Å². The topological polar surface area (TPSA) is 42.0 Å². The third kappa shape index (κ3) is 6.21. The van der Waals surface area contributed by atoms with Crippen molar-refractivity contribution in [3.8, 4) is 11.5 Å². The zero-order valence-electron chi connectivity index (χ0n) is 17.5. The number of nitrogens with zero attached hydrogens (tertiary/aromatic N) is 2. The summed E-state index contributed by atoms with van der Waals surface area (Å²) in [6.45, 7) is 10.7. The molecule has 0 aliphatic carbocycles. The molecule has 6 heteroatoms. The summed E-state index contributed by atoms with van der Waals surface area (Å²) < 4.78 is 12.6. The van der Waals surface area contributed by atoms with E-state index in [9.17, 15) is 4.79 Å². The SMILES string of the molecule is CC1CN(C(=O)OC(C)(C)C)CCN1Cc1ccc(Br)cc1Oc1ccccc1. The van der Waals surface area contributed by atoms with Gasteiger partial charge in [0.1, 0.15) is 17.1 Å². The molecule has 1 heterocycles.